The van der Waals surface area contributed by atoms with Gasteiger partial charge in [-0.05, 0) is 42.9 Å². The maximum atomic E-state index is 10.8. The van der Waals surface area contributed by atoms with Crippen LogP contribution in [0.15, 0.2) is 22.7 Å². The second kappa shape index (κ2) is 4.58. The first kappa shape index (κ1) is 12.4. The van der Waals surface area contributed by atoms with Gasteiger partial charge in [-0.15, -0.1) is 0 Å². The largest absolute Gasteiger partial charge is 0.465 e. The Labute approximate surface area is 121 Å². The molecule has 1 atom stereocenters. The number of aryl methyl sites for hydroxylation is 1. The minimum atomic E-state index is -0.982. The van der Waals surface area contributed by atoms with Crippen LogP contribution in [0.25, 0.3) is 11.4 Å². The highest BCUT2D eigenvalue weighted by atomic mass is 16.5. The lowest BCUT2D eigenvalue weighted by Crippen LogP contribution is -2.24. The maximum Gasteiger partial charge on any atom is 0.405 e. The van der Waals surface area contributed by atoms with E-state index < -0.39 is 6.09 Å². The van der Waals surface area contributed by atoms with Crippen molar-refractivity contribution in [3.8, 4) is 11.4 Å². The number of carboxylic acid groups (broad SMARTS) is 1. The van der Waals surface area contributed by atoms with E-state index >= 15 is 0 Å². The molecule has 1 fully saturated rings. The number of carbonyl (C=O) groups is 1. The fraction of sp³-hybridized carbons (Fsp3) is 0.400. The minimum absolute atomic E-state index is 0.112. The molecule has 0 radical (unpaired) electrons. The molecule has 0 spiro atoms. The summed E-state index contributed by atoms with van der Waals surface area (Å²) in [6.45, 7) is 0. The lowest BCUT2D eigenvalue weighted by Gasteiger charge is -2.11. The summed E-state index contributed by atoms with van der Waals surface area (Å²) in [5.74, 6) is 1.80. The van der Waals surface area contributed by atoms with Gasteiger partial charge in [-0.25, -0.2) is 4.79 Å². The van der Waals surface area contributed by atoms with Gasteiger partial charge in [-0.3, -0.25) is 0 Å². The summed E-state index contributed by atoms with van der Waals surface area (Å²) in [5, 5.41) is 15.4. The molecule has 6 nitrogen and oxygen atoms in total. The topological polar surface area (TPSA) is 88.2 Å². The Morgan fingerprint density at radius 2 is 2.19 bits per heavy atom. The maximum absolute atomic E-state index is 10.8. The number of nitrogens with zero attached hydrogens (tertiary/aromatic N) is 2. The Bertz CT molecular complexity index is 706. The van der Waals surface area contributed by atoms with Gasteiger partial charge in [0.15, 0.2) is 0 Å². The first-order valence-electron chi connectivity index (χ1n) is 7.17. The average Bonchev–Trinajstić information content (AvgIpc) is 3.07. The van der Waals surface area contributed by atoms with Crippen molar-refractivity contribution in [1.29, 1.82) is 0 Å². The van der Waals surface area contributed by atoms with Crippen LogP contribution in [0.3, 0.4) is 0 Å². The number of nitrogens with one attached hydrogen (secondary N) is 1. The molecule has 0 aliphatic heterocycles. The van der Waals surface area contributed by atoms with Crippen LogP contribution in [0.5, 0.6) is 0 Å². The van der Waals surface area contributed by atoms with Crippen molar-refractivity contribution in [2.75, 3.05) is 0 Å². The predicted molar refractivity (Wildman–Crippen MR) is 73.9 cm³/mol. The van der Waals surface area contributed by atoms with Crippen molar-refractivity contribution in [2.24, 2.45) is 0 Å². The van der Waals surface area contributed by atoms with Crippen LogP contribution in [0.2, 0.25) is 0 Å². The molecule has 1 aromatic heterocycles. The highest BCUT2D eigenvalue weighted by Crippen LogP contribution is 2.40. The predicted octanol–water partition coefficient (Wildman–Crippen LogP) is 2.87. The van der Waals surface area contributed by atoms with Crippen molar-refractivity contribution in [3.63, 3.8) is 0 Å². The molecule has 1 saturated carbocycles. The quantitative estimate of drug-likeness (QED) is 0.905. The second-order valence-corrected chi connectivity index (χ2v) is 5.68. The van der Waals surface area contributed by atoms with Crippen LogP contribution in [-0.4, -0.2) is 21.3 Å². The van der Waals surface area contributed by atoms with E-state index in [4.69, 9.17) is 9.63 Å². The standard InChI is InChI=1S/C15H15N3O3/c19-15(20)16-12-6-4-9-7-10(3-5-11(9)12)13-17-14(21-18-13)8-1-2-8/h3,5,7-8,12,16H,1-2,4,6H2,(H,19,20)/t12-/m1/s1. The summed E-state index contributed by atoms with van der Waals surface area (Å²) in [6, 6.07) is 5.83. The summed E-state index contributed by atoms with van der Waals surface area (Å²) < 4.78 is 5.28. The number of rotatable bonds is 3. The van der Waals surface area contributed by atoms with Gasteiger partial charge in [0.05, 0.1) is 6.04 Å². The normalized spacial score (nSPS) is 20.3. The van der Waals surface area contributed by atoms with Gasteiger partial charge in [0.25, 0.3) is 0 Å². The first-order valence-corrected chi connectivity index (χ1v) is 7.17. The molecular weight excluding hydrogens is 270 g/mol. The molecule has 6 heteroatoms. The molecule has 0 saturated heterocycles. The number of benzene rings is 1. The molecule has 2 aliphatic rings. The molecule has 4 rings (SSSR count). The van der Waals surface area contributed by atoms with Crippen LogP contribution < -0.4 is 5.32 Å². The van der Waals surface area contributed by atoms with Gasteiger partial charge in [0.2, 0.25) is 11.7 Å². The smallest absolute Gasteiger partial charge is 0.405 e. The molecule has 0 unspecified atom stereocenters. The third kappa shape index (κ3) is 2.26. The summed E-state index contributed by atoms with van der Waals surface area (Å²) in [5.41, 5.74) is 3.14. The van der Waals surface area contributed by atoms with E-state index in [2.05, 4.69) is 15.5 Å². The first-order chi connectivity index (χ1) is 10.2. The minimum Gasteiger partial charge on any atom is -0.465 e. The Balaban J connectivity index is 1.61. The van der Waals surface area contributed by atoms with Crippen molar-refractivity contribution in [2.45, 2.75) is 37.6 Å². The van der Waals surface area contributed by atoms with Crippen LogP contribution in [0, 0.1) is 0 Å². The van der Waals surface area contributed by atoms with Crippen LogP contribution >= 0.6 is 0 Å². The number of fused-ring (bicyclic) bond motifs is 1. The van der Waals surface area contributed by atoms with Crippen molar-refractivity contribution >= 4 is 6.09 Å². The molecule has 21 heavy (non-hydrogen) atoms. The Hall–Kier alpha value is -2.37. The van der Waals surface area contributed by atoms with E-state index in [0.29, 0.717) is 11.7 Å². The highest BCUT2D eigenvalue weighted by molar-refractivity contribution is 5.66. The number of hydrogen-bond acceptors (Lipinski definition) is 4. The molecule has 1 heterocycles. The second-order valence-electron chi connectivity index (χ2n) is 5.68. The van der Waals surface area contributed by atoms with Gasteiger partial charge in [0.1, 0.15) is 0 Å². The fourth-order valence-electron chi connectivity index (χ4n) is 2.90. The van der Waals surface area contributed by atoms with E-state index in [-0.39, 0.29) is 6.04 Å². The number of hydrogen-bond donors (Lipinski definition) is 2. The zero-order chi connectivity index (χ0) is 14.4. The van der Waals surface area contributed by atoms with E-state index in [1.165, 1.54) is 0 Å². The fourth-order valence-corrected chi connectivity index (χ4v) is 2.90. The van der Waals surface area contributed by atoms with E-state index in [0.717, 1.165) is 48.3 Å². The average molecular weight is 285 g/mol. The number of aromatic nitrogens is 2. The molecule has 2 aromatic rings. The molecule has 1 amide bonds. The molecule has 1 aromatic carbocycles. The summed E-state index contributed by atoms with van der Waals surface area (Å²) in [7, 11) is 0. The van der Waals surface area contributed by atoms with Crippen molar-refractivity contribution < 1.29 is 14.4 Å². The SMILES string of the molecule is O=C(O)N[C@@H]1CCc2cc(-c3noc(C4CC4)n3)ccc21. The lowest BCUT2D eigenvalue weighted by molar-refractivity contribution is 0.190. The summed E-state index contributed by atoms with van der Waals surface area (Å²) in [6.07, 6.45) is 2.94. The van der Waals surface area contributed by atoms with Crippen molar-refractivity contribution in [1.82, 2.24) is 15.5 Å². The summed E-state index contributed by atoms with van der Waals surface area (Å²) >= 11 is 0. The Morgan fingerprint density at radius 3 is 2.95 bits per heavy atom. The van der Waals surface area contributed by atoms with Gasteiger partial charge in [-0.1, -0.05) is 17.3 Å². The van der Waals surface area contributed by atoms with Crippen LogP contribution in [-0.2, 0) is 6.42 Å². The number of amides is 1. The van der Waals surface area contributed by atoms with Gasteiger partial charge >= 0.3 is 6.09 Å². The van der Waals surface area contributed by atoms with Crippen LogP contribution in [0.1, 0.15) is 48.2 Å². The molecular formula is C15H15N3O3. The highest BCUT2D eigenvalue weighted by Gasteiger charge is 2.30. The van der Waals surface area contributed by atoms with Crippen molar-refractivity contribution in [3.05, 3.63) is 35.2 Å². The third-order valence-electron chi connectivity index (χ3n) is 4.14. The Morgan fingerprint density at radius 1 is 1.33 bits per heavy atom. The molecule has 0 bridgehead atoms. The third-order valence-corrected chi connectivity index (χ3v) is 4.14. The van der Waals surface area contributed by atoms with Gasteiger partial charge in [-0.2, -0.15) is 4.98 Å². The van der Waals surface area contributed by atoms with Gasteiger partial charge < -0.3 is 14.9 Å². The lowest BCUT2D eigenvalue weighted by atomic mass is 10.0. The molecule has 2 aliphatic carbocycles. The van der Waals surface area contributed by atoms with E-state index in [1.807, 2.05) is 18.2 Å². The molecule has 108 valence electrons. The zero-order valence-corrected chi connectivity index (χ0v) is 11.4. The van der Waals surface area contributed by atoms with E-state index in [9.17, 15) is 4.79 Å². The Kier molecular flexibility index (Phi) is 2.70. The summed E-state index contributed by atoms with van der Waals surface area (Å²) in [4.78, 5) is 15.2. The monoisotopic (exact) mass is 285 g/mol. The van der Waals surface area contributed by atoms with Gasteiger partial charge in [0, 0.05) is 11.5 Å². The van der Waals surface area contributed by atoms with E-state index in [1.54, 1.807) is 0 Å². The zero-order valence-electron chi connectivity index (χ0n) is 11.4. The molecule has 2 N–H and O–H groups in total. The van der Waals surface area contributed by atoms with Crippen LogP contribution in [0.4, 0.5) is 4.79 Å².